The van der Waals surface area contributed by atoms with Crippen LogP contribution in [-0.2, 0) is 6.54 Å². The summed E-state index contributed by atoms with van der Waals surface area (Å²) >= 11 is 0. The van der Waals surface area contributed by atoms with Crippen LogP contribution in [0.3, 0.4) is 0 Å². The van der Waals surface area contributed by atoms with E-state index in [1.54, 1.807) is 0 Å². The molecule has 4 aromatic rings. The molecular formula is C25H27N5O. The lowest BCUT2D eigenvalue weighted by Crippen LogP contribution is -2.31. The summed E-state index contributed by atoms with van der Waals surface area (Å²) in [5, 5.41) is 1.25. The predicted octanol–water partition coefficient (Wildman–Crippen LogP) is 3.85. The summed E-state index contributed by atoms with van der Waals surface area (Å²) in [4.78, 5) is 19.8. The number of imidazole rings is 1. The lowest BCUT2D eigenvalue weighted by atomic mass is 10.2. The van der Waals surface area contributed by atoms with E-state index in [2.05, 4.69) is 46.2 Å². The van der Waals surface area contributed by atoms with E-state index in [1.165, 1.54) is 23.7 Å². The maximum atomic E-state index is 12.9. The average Bonchev–Trinajstić information content (AvgIpc) is 3.24. The summed E-state index contributed by atoms with van der Waals surface area (Å²) in [7, 11) is 0. The average molecular weight is 414 g/mol. The molecule has 2 aliphatic rings. The van der Waals surface area contributed by atoms with Crippen molar-refractivity contribution >= 4 is 22.5 Å². The Kier molecular flexibility index (Phi) is 4.18. The maximum absolute atomic E-state index is 12.9. The minimum absolute atomic E-state index is 0.0421. The first-order valence-corrected chi connectivity index (χ1v) is 11.2. The van der Waals surface area contributed by atoms with Gasteiger partial charge in [0.2, 0.25) is 0 Å². The zero-order chi connectivity index (χ0) is 21.1. The monoisotopic (exact) mass is 413 g/mol. The molecule has 6 nitrogen and oxygen atoms in total. The standard InChI is InChI=1S/C25H27N5O/c1-16-24(22-12-18-4-2-3-5-21(18)30(22)14-17-6-7-17)27-23-13-19(8-11-29(16)23)25(31)28-10-9-20(26)15-28/h2-5,8,11-13,17,20H,6-7,9-10,14-15,26H2,1H3/t20-/m1/s1. The van der Waals surface area contributed by atoms with E-state index >= 15 is 0 Å². The van der Waals surface area contributed by atoms with E-state index in [1.807, 2.05) is 23.2 Å². The number of fused-ring (bicyclic) bond motifs is 2. The first-order chi connectivity index (χ1) is 15.1. The third-order valence-corrected chi connectivity index (χ3v) is 6.81. The number of aryl methyl sites for hydroxylation is 1. The molecule has 1 saturated carbocycles. The van der Waals surface area contributed by atoms with Gasteiger partial charge in [-0.2, -0.15) is 0 Å². The summed E-state index contributed by atoms with van der Waals surface area (Å²) in [5.41, 5.74) is 12.0. The first-order valence-electron chi connectivity index (χ1n) is 11.2. The molecule has 2 fully saturated rings. The number of aromatic nitrogens is 3. The Bertz CT molecular complexity index is 1310. The van der Waals surface area contributed by atoms with Gasteiger partial charge >= 0.3 is 0 Å². The molecule has 6 rings (SSSR count). The van der Waals surface area contributed by atoms with Crippen LogP contribution in [-0.4, -0.2) is 43.9 Å². The second-order valence-corrected chi connectivity index (χ2v) is 9.13. The molecule has 2 N–H and O–H groups in total. The summed E-state index contributed by atoms with van der Waals surface area (Å²) in [6.07, 6.45) is 5.45. The number of benzene rings is 1. The second-order valence-electron chi connectivity index (χ2n) is 9.13. The topological polar surface area (TPSA) is 68.6 Å². The Hall–Kier alpha value is -3.12. The number of para-hydroxylation sites is 1. The largest absolute Gasteiger partial charge is 0.339 e. The van der Waals surface area contributed by atoms with Gasteiger partial charge in [-0.15, -0.1) is 0 Å². The molecule has 1 saturated heterocycles. The van der Waals surface area contributed by atoms with Crippen LogP contribution in [0.2, 0.25) is 0 Å². The van der Waals surface area contributed by atoms with Crippen LogP contribution < -0.4 is 5.73 Å². The van der Waals surface area contributed by atoms with Gasteiger partial charge in [0.25, 0.3) is 5.91 Å². The third-order valence-electron chi connectivity index (χ3n) is 6.81. The van der Waals surface area contributed by atoms with Crippen LogP contribution >= 0.6 is 0 Å². The summed E-state index contributed by atoms with van der Waals surface area (Å²) in [6, 6.07) is 14.7. The second kappa shape index (κ2) is 6.95. The highest BCUT2D eigenvalue weighted by atomic mass is 16.2. The highest BCUT2D eigenvalue weighted by Gasteiger charge is 2.27. The van der Waals surface area contributed by atoms with Gasteiger partial charge < -0.3 is 19.6 Å². The fraction of sp³-hybridized carbons (Fsp3) is 0.360. The van der Waals surface area contributed by atoms with E-state index in [9.17, 15) is 4.79 Å². The van der Waals surface area contributed by atoms with Crippen LogP contribution in [0, 0.1) is 12.8 Å². The maximum Gasteiger partial charge on any atom is 0.254 e. The fourth-order valence-electron chi connectivity index (χ4n) is 4.86. The SMILES string of the molecule is Cc1c(-c2cc3ccccc3n2CC2CC2)nc2cc(C(=O)N3CC[C@@H](N)C3)ccn12. The molecule has 1 aliphatic heterocycles. The van der Waals surface area contributed by atoms with Crippen molar-refractivity contribution in [2.24, 2.45) is 11.7 Å². The molecule has 158 valence electrons. The number of pyridine rings is 1. The van der Waals surface area contributed by atoms with E-state index in [0.29, 0.717) is 12.1 Å². The van der Waals surface area contributed by atoms with Gasteiger partial charge in [-0.05, 0) is 56.4 Å². The molecule has 0 spiro atoms. The third kappa shape index (κ3) is 3.13. The number of amides is 1. The molecule has 31 heavy (non-hydrogen) atoms. The highest BCUT2D eigenvalue weighted by Crippen LogP contribution is 2.36. The Morgan fingerprint density at radius 1 is 1.16 bits per heavy atom. The number of hydrogen-bond donors (Lipinski definition) is 1. The van der Waals surface area contributed by atoms with E-state index in [0.717, 1.165) is 48.2 Å². The number of nitrogens with two attached hydrogens (primary N) is 1. The van der Waals surface area contributed by atoms with Crippen molar-refractivity contribution in [3.63, 3.8) is 0 Å². The number of carbonyl (C=O) groups excluding carboxylic acids is 1. The molecule has 4 heterocycles. The van der Waals surface area contributed by atoms with Crippen molar-refractivity contribution < 1.29 is 4.79 Å². The molecule has 1 amide bonds. The van der Waals surface area contributed by atoms with Crippen LogP contribution in [0.15, 0.2) is 48.7 Å². The van der Waals surface area contributed by atoms with Gasteiger partial charge in [0.1, 0.15) is 11.3 Å². The lowest BCUT2D eigenvalue weighted by Gasteiger charge is -2.15. The minimum Gasteiger partial charge on any atom is -0.339 e. The van der Waals surface area contributed by atoms with Gasteiger partial charge in [-0.1, -0.05) is 18.2 Å². The number of carbonyl (C=O) groups is 1. The zero-order valence-corrected chi connectivity index (χ0v) is 17.8. The van der Waals surface area contributed by atoms with E-state index in [-0.39, 0.29) is 11.9 Å². The Morgan fingerprint density at radius 2 is 2.00 bits per heavy atom. The number of nitrogens with zero attached hydrogens (tertiary/aromatic N) is 4. The van der Waals surface area contributed by atoms with Crippen LogP contribution in [0.25, 0.3) is 27.9 Å². The smallest absolute Gasteiger partial charge is 0.254 e. The zero-order valence-electron chi connectivity index (χ0n) is 17.8. The summed E-state index contributed by atoms with van der Waals surface area (Å²) < 4.78 is 4.51. The molecule has 3 aromatic heterocycles. The number of rotatable bonds is 4. The van der Waals surface area contributed by atoms with Crippen molar-refractivity contribution in [1.29, 1.82) is 0 Å². The molecule has 1 aromatic carbocycles. The number of hydrogen-bond acceptors (Lipinski definition) is 3. The Labute approximate surface area is 181 Å². The highest BCUT2D eigenvalue weighted by molar-refractivity contribution is 5.95. The molecule has 1 atom stereocenters. The van der Waals surface area contributed by atoms with Crippen molar-refractivity contribution in [1.82, 2.24) is 18.9 Å². The van der Waals surface area contributed by atoms with Crippen molar-refractivity contribution in [3.8, 4) is 11.4 Å². The van der Waals surface area contributed by atoms with Gasteiger partial charge in [0, 0.05) is 54.0 Å². The summed E-state index contributed by atoms with van der Waals surface area (Å²) in [5.74, 6) is 0.809. The van der Waals surface area contributed by atoms with Gasteiger partial charge in [0.05, 0.1) is 5.69 Å². The molecule has 0 bridgehead atoms. The van der Waals surface area contributed by atoms with Gasteiger partial charge in [-0.25, -0.2) is 4.98 Å². The molecule has 0 unspecified atom stereocenters. The van der Waals surface area contributed by atoms with Crippen LogP contribution in [0.4, 0.5) is 0 Å². The predicted molar refractivity (Wildman–Crippen MR) is 122 cm³/mol. The minimum atomic E-state index is 0.0421. The van der Waals surface area contributed by atoms with Crippen molar-refractivity contribution in [2.45, 2.75) is 38.8 Å². The molecule has 0 radical (unpaired) electrons. The van der Waals surface area contributed by atoms with E-state index < -0.39 is 0 Å². The lowest BCUT2D eigenvalue weighted by molar-refractivity contribution is 0.0791. The Balaban J connectivity index is 1.44. The number of likely N-dealkylation sites (tertiary alicyclic amines) is 1. The molecular weight excluding hydrogens is 386 g/mol. The fourth-order valence-corrected chi connectivity index (χ4v) is 4.86. The van der Waals surface area contributed by atoms with Crippen molar-refractivity contribution in [2.75, 3.05) is 13.1 Å². The van der Waals surface area contributed by atoms with Crippen molar-refractivity contribution in [3.05, 3.63) is 59.9 Å². The molecule has 6 heteroatoms. The van der Waals surface area contributed by atoms with Gasteiger partial charge in [-0.3, -0.25) is 4.79 Å². The normalized spacial score (nSPS) is 19.0. The van der Waals surface area contributed by atoms with Crippen LogP contribution in [0.5, 0.6) is 0 Å². The van der Waals surface area contributed by atoms with Crippen LogP contribution in [0.1, 0.15) is 35.3 Å². The van der Waals surface area contributed by atoms with Gasteiger partial charge in [0.15, 0.2) is 0 Å². The Morgan fingerprint density at radius 3 is 2.77 bits per heavy atom. The summed E-state index contributed by atoms with van der Waals surface area (Å²) in [6.45, 7) is 4.50. The quantitative estimate of drug-likeness (QED) is 0.553. The first kappa shape index (κ1) is 18.6. The van der Waals surface area contributed by atoms with E-state index in [4.69, 9.17) is 10.7 Å². The molecule has 1 aliphatic carbocycles.